The van der Waals surface area contributed by atoms with E-state index >= 15 is 0 Å². The summed E-state index contributed by atoms with van der Waals surface area (Å²) in [6.45, 7) is 6.75. The van der Waals surface area contributed by atoms with Crippen molar-refractivity contribution in [3.8, 4) is 0 Å². The standard InChI is InChI=1S/C12H27N3O2S/c1-18(16,17)12-11-15-8-4-7-14(9-10-15)6-3-2-5-13/h2-13H2,1H3. The number of nitrogens with zero attached hydrogens (tertiary/aromatic N) is 2. The fourth-order valence-electron chi connectivity index (χ4n) is 2.25. The zero-order chi connectivity index (χ0) is 13.4. The molecular formula is C12H27N3O2S. The predicted octanol–water partition coefficient (Wildman–Crippen LogP) is -0.222. The van der Waals surface area contributed by atoms with Gasteiger partial charge in [-0.25, -0.2) is 8.42 Å². The summed E-state index contributed by atoms with van der Waals surface area (Å²) in [6, 6.07) is 0. The Bertz CT molecular complexity index is 319. The van der Waals surface area contributed by atoms with Gasteiger partial charge in [0.15, 0.2) is 0 Å². The predicted molar refractivity (Wildman–Crippen MR) is 75.5 cm³/mol. The molecule has 0 saturated carbocycles. The van der Waals surface area contributed by atoms with Crippen LogP contribution >= 0.6 is 0 Å². The van der Waals surface area contributed by atoms with Crippen LogP contribution in [0.2, 0.25) is 0 Å². The van der Waals surface area contributed by atoms with Crippen molar-refractivity contribution in [3.05, 3.63) is 0 Å². The van der Waals surface area contributed by atoms with Crippen molar-refractivity contribution in [1.29, 1.82) is 0 Å². The fourth-order valence-corrected chi connectivity index (χ4v) is 2.84. The average molecular weight is 277 g/mol. The van der Waals surface area contributed by atoms with Gasteiger partial charge in [-0.1, -0.05) is 0 Å². The molecule has 0 radical (unpaired) electrons. The molecular weight excluding hydrogens is 250 g/mol. The normalized spacial score (nSPS) is 19.9. The monoisotopic (exact) mass is 277 g/mol. The summed E-state index contributed by atoms with van der Waals surface area (Å²) in [7, 11) is -2.84. The maximum atomic E-state index is 11.1. The molecule has 2 N–H and O–H groups in total. The molecule has 5 nitrogen and oxygen atoms in total. The van der Waals surface area contributed by atoms with E-state index in [1.807, 2.05) is 0 Å². The van der Waals surface area contributed by atoms with Crippen molar-refractivity contribution in [2.24, 2.45) is 5.73 Å². The van der Waals surface area contributed by atoms with Crippen LogP contribution in [0, 0.1) is 0 Å². The molecule has 1 fully saturated rings. The molecule has 18 heavy (non-hydrogen) atoms. The smallest absolute Gasteiger partial charge is 0.148 e. The van der Waals surface area contributed by atoms with Crippen LogP contribution in [0.4, 0.5) is 0 Å². The lowest BCUT2D eigenvalue weighted by Gasteiger charge is -2.21. The van der Waals surface area contributed by atoms with Gasteiger partial charge in [-0.3, -0.25) is 0 Å². The minimum Gasteiger partial charge on any atom is -0.330 e. The first-order chi connectivity index (χ1) is 8.51. The Labute approximate surface area is 111 Å². The van der Waals surface area contributed by atoms with Crippen LogP contribution in [-0.2, 0) is 9.84 Å². The summed E-state index contributed by atoms with van der Waals surface area (Å²) in [6.07, 6.45) is 4.70. The lowest BCUT2D eigenvalue weighted by molar-refractivity contribution is 0.260. The zero-order valence-electron chi connectivity index (χ0n) is 11.5. The molecule has 0 atom stereocenters. The van der Waals surface area contributed by atoms with Gasteiger partial charge in [0.05, 0.1) is 5.75 Å². The van der Waals surface area contributed by atoms with E-state index in [0.717, 1.165) is 52.1 Å². The van der Waals surface area contributed by atoms with Crippen LogP contribution < -0.4 is 5.73 Å². The molecule has 0 spiro atoms. The highest BCUT2D eigenvalue weighted by molar-refractivity contribution is 7.90. The van der Waals surface area contributed by atoms with Gasteiger partial charge in [-0.2, -0.15) is 0 Å². The highest BCUT2D eigenvalue weighted by Crippen LogP contribution is 2.04. The second kappa shape index (κ2) is 8.09. The number of hydrogen-bond donors (Lipinski definition) is 1. The topological polar surface area (TPSA) is 66.6 Å². The Morgan fingerprint density at radius 1 is 1.00 bits per heavy atom. The van der Waals surface area contributed by atoms with Crippen LogP contribution in [-0.4, -0.2) is 76.0 Å². The van der Waals surface area contributed by atoms with Gasteiger partial charge in [-0.15, -0.1) is 0 Å². The van der Waals surface area contributed by atoms with E-state index in [9.17, 15) is 8.42 Å². The number of hydrogen-bond acceptors (Lipinski definition) is 5. The summed E-state index contributed by atoms with van der Waals surface area (Å²) in [5, 5.41) is 0. The van der Waals surface area contributed by atoms with Crippen LogP contribution in [0.15, 0.2) is 0 Å². The molecule has 0 aromatic carbocycles. The summed E-state index contributed by atoms with van der Waals surface area (Å²) >= 11 is 0. The maximum Gasteiger partial charge on any atom is 0.148 e. The molecule has 0 amide bonds. The highest BCUT2D eigenvalue weighted by atomic mass is 32.2. The molecule has 1 aliphatic rings. The van der Waals surface area contributed by atoms with E-state index in [2.05, 4.69) is 9.80 Å². The first kappa shape index (κ1) is 15.9. The van der Waals surface area contributed by atoms with Crippen LogP contribution in [0.25, 0.3) is 0 Å². The van der Waals surface area contributed by atoms with E-state index in [-0.39, 0.29) is 5.75 Å². The fraction of sp³-hybridized carbons (Fsp3) is 1.00. The lowest BCUT2D eigenvalue weighted by atomic mass is 10.3. The highest BCUT2D eigenvalue weighted by Gasteiger charge is 2.15. The van der Waals surface area contributed by atoms with Crippen LogP contribution in [0.3, 0.4) is 0 Å². The third-order valence-corrected chi connectivity index (χ3v) is 4.31. The molecule has 6 heteroatoms. The van der Waals surface area contributed by atoms with E-state index < -0.39 is 9.84 Å². The largest absolute Gasteiger partial charge is 0.330 e. The Hall–Kier alpha value is -0.170. The Morgan fingerprint density at radius 2 is 1.61 bits per heavy atom. The molecule has 1 saturated heterocycles. The van der Waals surface area contributed by atoms with Crippen molar-refractivity contribution in [2.75, 3.05) is 57.8 Å². The number of nitrogens with two attached hydrogens (primary N) is 1. The molecule has 0 aromatic heterocycles. The molecule has 0 bridgehead atoms. The molecule has 1 heterocycles. The van der Waals surface area contributed by atoms with E-state index in [4.69, 9.17) is 5.73 Å². The minimum atomic E-state index is -2.84. The molecule has 1 aliphatic heterocycles. The van der Waals surface area contributed by atoms with Gasteiger partial charge in [0, 0.05) is 25.9 Å². The third-order valence-electron chi connectivity index (χ3n) is 3.39. The second-order valence-corrected chi connectivity index (χ2v) is 7.42. The third kappa shape index (κ3) is 7.31. The maximum absolute atomic E-state index is 11.1. The molecule has 0 aliphatic carbocycles. The van der Waals surface area contributed by atoms with Crippen LogP contribution in [0.5, 0.6) is 0 Å². The van der Waals surface area contributed by atoms with Gasteiger partial charge in [-0.05, 0) is 45.4 Å². The quantitative estimate of drug-likeness (QED) is 0.652. The van der Waals surface area contributed by atoms with Gasteiger partial charge >= 0.3 is 0 Å². The molecule has 108 valence electrons. The van der Waals surface area contributed by atoms with Gasteiger partial charge in [0.1, 0.15) is 9.84 Å². The van der Waals surface area contributed by atoms with E-state index in [1.165, 1.54) is 12.7 Å². The van der Waals surface area contributed by atoms with Crippen LogP contribution in [0.1, 0.15) is 19.3 Å². The molecule has 1 rings (SSSR count). The average Bonchev–Trinajstić information content (AvgIpc) is 2.51. The summed E-state index contributed by atoms with van der Waals surface area (Å²) < 4.78 is 22.3. The molecule has 0 aromatic rings. The van der Waals surface area contributed by atoms with Crippen molar-refractivity contribution >= 4 is 9.84 Å². The number of unbranched alkanes of at least 4 members (excludes halogenated alkanes) is 1. The van der Waals surface area contributed by atoms with Gasteiger partial charge < -0.3 is 15.5 Å². The van der Waals surface area contributed by atoms with Gasteiger partial charge in [0.2, 0.25) is 0 Å². The number of rotatable bonds is 7. The Morgan fingerprint density at radius 3 is 2.17 bits per heavy atom. The first-order valence-electron chi connectivity index (χ1n) is 6.84. The zero-order valence-corrected chi connectivity index (χ0v) is 12.3. The van der Waals surface area contributed by atoms with Gasteiger partial charge in [0.25, 0.3) is 0 Å². The van der Waals surface area contributed by atoms with Crippen molar-refractivity contribution in [1.82, 2.24) is 9.80 Å². The Kier molecular flexibility index (Phi) is 7.14. The van der Waals surface area contributed by atoms with Crippen molar-refractivity contribution in [2.45, 2.75) is 19.3 Å². The SMILES string of the molecule is CS(=O)(=O)CCN1CCCN(CCCCN)CC1. The minimum absolute atomic E-state index is 0.278. The first-order valence-corrected chi connectivity index (χ1v) is 8.90. The van der Waals surface area contributed by atoms with Crippen molar-refractivity contribution in [3.63, 3.8) is 0 Å². The summed E-state index contributed by atoms with van der Waals surface area (Å²) in [5.74, 6) is 0.278. The summed E-state index contributed by atoms with van der Waals surface area (Å²) in [4.78, 5) is 4.74. The molecule has 0 unspecified atom stereocenters. The summed E-state index contributed by atoms with van der Waals surface area (Å²) in [5.41, 5.74) is 5.49. The second-order valence-electron chi connectivity index (χ2n) is 5.16. The Balaban J connectivity index is 2.23. The lowest BCUT2D eigenvalue weighted by Crippen LogP contribution is -2.34. The number of sulfone groups is 1. The van der Waals surface area contributed by atoms with Crippen molar-refractivity contribution < 1.29 is 8.42 Å². The van der Waals surface area contributed by atoms with E-state index in [1.54, 1.807) is 0 Å². The van der Waals surface area contributed by atoms with E-state index in [0.29, 0.717) is 6.54 Å².